The molecule has 2 amide bonds. The summed E-state index contributed by atoms with van der Waals surface area (Å²) < 4.78 is 11.5. The van der Waals surface area contributed by atoms with Crippen molar-refractivity contribution in [3.8, 4) is 0 Å². The standard InChI is InChI=1S/C20H24N2O3/c23-19(22-12-10-20(11-13-22)9-5-15-25-20)21-18(17-8-4-14-24-17)16-6-2-1-3-7-16/h1-4,6-8,14,18H,5,9-13,15H2,(H,21,23)/t18-/m0/s1. The average Bonchev–Trinajstić information content (AvgIpc) is 3.33. The fourth-order valence-corrected chi connectivity index (χ4v) is 3.90. The first kappa shape index (κ1) is 16.2. The maximum atomic E-state index is 12.8. The number of likely N-dealkylation sites (tertiary alicyclic amines) is 1. The number of urea groups is 1. The molecule has 0 saturated carbocycles. The molecule has 1 spiro atoms. The largest absolute Gasteiger partial charge is 0.467 e. The zero-order chi connectivity index (χ0) is 17.1. The third-order valence-electron chi connectivity index (χ3n) is 5.38. The Kier molecular flexibility index (Phi) is 4.49. The van der Waals surface area contributed by atoms with Crippen LogP contribution in [0.4, 0.5) is 4.79 Å². The van der Waals surface area contributed by atoms with Gasteiger partial charge in [0, 0.05) is 19.7 Å². The Balaban J connectivity index is 1.44. The molecule has 132 valence electrons. The number of hydrogen-bond donors (Lipinski definition) is 1. The zero-order valence-corrected chi connectivity index (χ0v) is 14.3. The average molecular weight is 340 g/mol. The normalized spacial score (nSPS) is 20.6. The Labute approximate surface area is 148 Å². The Morgan fingerprint density at radius 2 is 1.88 bits per heavy atom. The van der Waals surface area contributed by atoms with Crippen LogP contribution in [0.25, 0.3) is 0 Å². The second-order valence-electron chi connectivity index (χ2n) is 6.93. The lowest BCUT2D eigenvalue weighted by atomic mass is 9.89. The minimum absolute atomic E-state index is 0.0244. The van der Waals surface area contributed by atoms with Crippen molar-refractivity contribution in [1.82, 2.24) is 10.2 Å². The second kappa shape index (κ2) is 6.92. The highest BCUT2D eigenvalue weighted by Gasteiger charge is 2.39. The van der Waals surface area contributed by atoms with E-state index in [1.165, 1.54) is 0 Å². The van der Waals surface area contributed by atoms with E-state index < -0.39 is 0 Å². The monoisotopic (exact) mass is 340 g/mol. The lowest BCUT2D eigenvalue weighted by molar-refractivity contribution is -0.0362. The summed E-state index contributed by atoms with van der Waals surface area (Å²) in [6.07, 6.45) is 5.76. The first-order chi connectivity index (χ1) is 12.3. The Bertz CT molecular complexity index is 683. The van der Waals surface area contributed by atoms with E-state index in [1.807, 2.05) is 47.4 Å². The molecule has 0 aliphatic carbocycles. The highest BCUT2D eigenvalue weighted by atomic mass is 16.5. The van der Waals surface area contributed by atoms with Crippen LogP contribution in [-0.2, 0) is 4.74 Å². The fourth-order valence-electron chi connectivity index (χ4n) is 3.90. The number of piperidine rings is 1. The molecular weight excluding hydrogens is 316 g/mol. The molecule has 1 atom stereocenters. The SMILES string of the molecule is O=C(N[C@@H](c1ccccc1)c1ccco1)N1CCC2(CCCO2)CC1. The quantitative estimate of drug-likeness (QED) is 0.926. The first-order valence-corrected chi connectivity index (χ1v) is 9.04. The summed E-state index contributed by atoms with van der Waals surface area (Å²) in [6, 6.07) is 13.3. The number of carbonyl (C=O) groups excluding carboxylic acids is 1. The van der Waals surface area contributed by atoms with E-state index in [0.29, 0.717) is 0 Å². The van der Waals surface area contributed by atoms with Crippen molar-refractivity contribution in [3.63, 3.8) is 0 Å². The molecular formula is C20H24N2O3. The van der Waals surface area contributed by atoms with Gasteiger partial charge in [-0.15, -0.1) is 0 Å². The van der Waals surface area contributed by atoms with Gasteiger partial charge in [-0.25, -0.2) is 4.79 Å². The number of nitrogens with one attached hydrogen (secondary N) is 1. The van der Waals surface area contributed by atoms with Crippen LogP contribution >= 0.6 is 0 Å². The molecule has 2 aliphatic heterocycles. The molecule has 2 aromatic rings. The van der Waals surface area contributed by atoms with Crippen LogP contribution in [0.15, 0.2) is 53.1 Å². The van der Waals surface area contributed by atoms with Gasteiger partial charge < -0.3 is 19.4 Å². The summed E-state index contributed by atoms with van der Waals surface area (Å²) in [5.41, 5.74) is 1.04. The predicted molar refractivity (Wildman–Crippen MR) is 94.2 cm³/mol. The number of amides is 2. The molecule has 0 bridgehead atoms. The number of benzene rings is 1. The number of hydrogen-bond acceptors (Lipinski definition) is 3. The van der Waals surface area contributed by atoms with Gasteiger partial charge in [-0.2, -0.15) is 0 Å². The van der Waals surface area contributed by atoms with E-state index in [-0.39, 0.29) is 17.7 Å². The minimum Gasteiger partial charge on any atom is -0.467 e. The summed E-state index contributed by atoms with van der Waals surface area (Å²) in [6.45, 7) is 2.35. The van der Waals surface area contributed by atoms with E-state index in [4.69, 9.17) is 9.15 Å². The maximum absolute atomic E-state index is 12.8. The molecule has 25 heavy (non-hydrogen) atoms. The molecule has 5 heteroatoms. The number of rotatable bonds is 3. The van der Waals surface area contributed by atoms with Crippen LogP contribution < -0.4 is 5.32 Å². The van der Waals surface area contributed by atoms with Crippen LogP contribution in [0.1, 0.15) is 43.0 Å². The summed E-state index contributed by atoms with van der Waals surface area (Å²) in [7, 11) is 0. The lowest BCUT2D eigenvalue weighted by Crippen LogP contribution is -2.50. The molecule has 4 rings (SSSR count). The third-order valence-corrected chi connectivity index (χ3v) is 5.38. The van der Waals surface area contributed by atoms with E-state index >= 15 is 0 Å². The van der Waals surface area contributed by atoms with Gasteiger partial charge in [0.2, 0.25) is 0 Å². The molecule has 1 N–H and O–H groups in total. The highest BCUT2D eigenvalue weighted by Crippen LogP contribution is 2.35. The minimum atomic E-state index is -0.276. The maximum Gasteiger partial charge on any atom is 0.318 e. The Morgan fingerprint density at radius 1 is 1.08 bits per heavy atom. The van der Waals surface area contributed by atoms with Crippen molar-refractivity contribution < 1.29 is 13.9 Å². The van der Waals surface area contributed by atoms with Crippen LogP contribution in [0.5, 0.6) is 0 Å². The molecule has 2 fully saturated rings. The molecule has 0 unspecified atom stereocenters. The van der Waals surface area contributed by atoms with Gasteiger partial charge in [-0.3, -0.25) is 0 Å². The third kappa shape index (κ3) is 3.42. The van der Waals surface area contributed by atoms with Crippen LogP contribution in [0.2, 0.25) is 0 Å². The summed E-state index contributed by atoms with van der Waals surface area (Å²) >= 11 is 0. The van der Waals surface area contributed by atoms with Gasteiger partial charge in [0.25, 0.3) is 0 Å². The van der Waals surface area contributed by atoms with Crippen LogP contribution in [0, 0.1) is 0 Å². The molecule has 2 saturated heterocycles. The van der Waals surface area contributed by atoms with Gasteiger partial charge in [-0.05, 0) is 43.4 Å². The van der Waals surface area contributed by atoms with Gasteiger partial charge in [-0.1, -0.05) is 30.3 Å². The lowest BCUT2D eigenvalue weighted by Gasteiger charge is -2.39. The number of ether oxygens (including phenoxy) is 1. The van der Waals surface area contributed by atoms with Gasteiger partial charge in [0.15, 0.2) is 0 Å². The van der Waals surface area contributed by atoms with Gasteiger partial charge >= 0.3 is 6.03 Å². The second-order valence-corrected chi connectivity index (χ2v) is 6.93. The van der Waals surface area contributed by atoms with Crippen molar-refractivity contribution in [2.24, 2.45) is 0 Å². The summed E-state index contributed by atoms with van der Waals surface area (Å²) in [4.78, 5) is 14.7. The molecule has 0 radical (unpaired) electrons. The molecule has 5 nitrogen and oxygen atoms in total. The Hall–Kier alpha value is -2.27. The van der Waals surface area contributed by atoms with Crippen molar-refractivity contribution in [2.45, 2.75) is 37.3 Å². The smallest absolute Gasteiger partial charge is 0.318 e. The molecule has 1 aromatic carbocycles. The number of carbonyl (C=O) groups is 1. The fraction of sp³-hybridized carbons (Fsp3) is 0.450. The number of nitrogens with zero attached hydrogens (tertiary/aromatic N) is 1. The van der Waals surface area contributed by atoms with Gasteiger partial charge in [0.1, 0.15) is 11.8 Å². The highest BCUT2D eigenvalue weighted by molar-refractivity contribution is 5.75. The van der Waals surface area contributed by atoms with E-state index in [9.17, 15) is 4.79 Å². The molecule has 2 aliphatic rings. The predicted octanol–water partition coefficient (Wildman–Crippen LogP) is 3.72. The van der Waals surface area contributed by atoms with Crippen molar-refractivity contribution in [3.05, 3.63) is 60.1 Å². The summed E-state index contributed by atoms with van der Waals surface area (Å²) in [5.74, 6) is 0.743. The zero-order valence-electron chi connectivity index (χ0n) is 14.3. The van der Waals surface area contributed by atoms with Crippen molar-refractivity contribution >= 4 is 6.03 Å². The van der Waals surface area contributed by atoms with E-state index in [1.54, 1.807) is 6.26 Å². The van der Waals surface area contributed by atoms with Gasteiger partial charge in [0.05, 0.1) is 11.9 Å². The Morgan fingerprint density at radius 3 is 2.52 bits per heavy atom. The first-order valence-electron chi connectivity index (χ1n) is 9.04. The van der Waals surface area contributed by atoms with Crippen molar-refractivity contribution in [2.75, 3.05) is 19.7 Å². The van der Waals surface area contributed by atoms with Crippen molar-refractivity contribution in [1.29, 1.82) is 0 Å². The molecule has 3 heterocycles. The summed E-state index contributed by atoms with van der Waals surface area (Å²) in [5, 5.41) is 3.14. The van der Waals surface area contributed by atoms with E-state index in [2.05, 4.69) is 5.32 Å². The molecule has 1 aromatic heterocycles. The van der Waals surface area contributed by atoms with Crippen LogP contribution in [-0.4, -0.2) is 36.2 Å². The van der Waals surface area contributed by atoms with E-state index in [0.717, 1.165) is 56.7 Å². The topological polar surface area (TPSA) is 54.7 Å². The number of furan rings is 1. The van der Waals surface area contributed by atoms with Crippen LogP contribution in [0.3, 0.4) is 0 Å².